The van der Waals surface area contributed by atoms with Gasteiger partial charge in [0.25, 0.3) is 0 Å². The largest absolute Gasteiger partial charge is 0.374 e. The Bertz CT molecular complexity index is 286. The Morgan fingerprint density at radius 1 is 1.40 bits per heavy atom. The van der Waals surface area contributed by atoms with Crippen LogP contribution >= 0.6 is 0 Å². The topological polar surface area (TPSA) is 26.2 Å². The third-order valence-corrected chi connectivity index (χ3v) is 2.08. The first-order valence-corrected chi connectivity index (χ1v) is 5.44. The standard InChI is InChI=1S/C12H22N2O/c1-12(2,3)15-8-7-14-6-5-11(10-14)9-13-4/h5-6,10,13H,7-9H2,1-4H3. The molecule has 1 rings (SSSR count). The number of hydrogen-bond donors (Lipinski definition) is 1. The fraction of sp³-hybridized carbons (Fsp3) is 0.667. The van der Waals surface area contributed by atoms with Gasteiger partial charge in [-0.3, -0.25) is 0 Å². The average Bonchev–Trinajstić information content (AvgIpc) is 2.51. The number of rotatable bonds is 5. The third-order valence-electron chi connectivity index (χ3n) is 2.08. The molecule has 0 amide bonds. The summed E-state index contributed by atoms with van der Waals surface area (Å²) in [5, 5.41) is 3.13. The summed E-state index contributed by atoms with van der Waals surface area (Å²) >= 11 is 0. The molecule has 1 aromatic rings. The van der Waals surface area contributed by atoms with Gasteiger partial charge in [-0.05, 0) is 39.4 Å². The van der Waals surface area contributed by atoms with Crippen molar-refractivity contribution in [3.8, 4) is 0 Å². The van der Waals surface area contributed by atoms with Gasteiger partial charge in [0.15, 0.2) is 0 Å². The summed E-state index contributed by atoms with van der Waals surface area (Å²) in [7, 11) is 1.96. The van der Waals surface area contributed by atoms with Crippen LogP contribution in [0.25, 0.3) is 0 Å². The maximum Gasteiger partial charge on any atom is 0.0652 e. The Labute approximate surface area is 92.4 Å². The van der Waals surface area contributed by atoms with Crippen LogP contribution in [0, 0.1) is 0 Å². The number of nitrogens with one attached hydrogen (secondary N) is 1. The summed E-state index contributed by atoms with van der Waals surface area (Å²) in [5.74, 6) is 0. The molecule has 0 radical (unpaired) electrons. The van der Waals surface area contributed by atoms with E-state index in [1.165, 1.54) is 5.56 Å². The van der Waals surface area contributed by atoms with Crippen molar-refractivity contribution < 1.29 is 4.74 Å². The maximum absolute atomic E-state index is 5.67. The van der Waals surface area contributed by atoms with Gasteiger partial charge in [-0.15, -0.1) is 0 Å². The Morgan fingerprint density at radius 2 is 2.13 bits per heavy atom. The Kier molecular flexibility index (Phi) is 4.36. The molecule has 0 fully saturated rings. The smallest absolute Gasteiger partial charge is 0.0652 e. The molecule has 1 aromatic heterocycles. The van der Waals surface area contributed by atoms with Gasteiger partial charge >= 0.3 is 0 Å². The highest BCUT2D eigenvalue weighted by molar-refractivity contribution is 5.09. The van der Waals surface area contributed by atoms with Crippen LogP contribution in [0.3, 0.4) is 0 Å². The second-order valence-corrected chi connectivity index (χ2v) is 4.75. The van der Waals surface area contributed by atoms with Gasteiger partial charge in [-0.25, -0.2) is 0 Å². The van der Waals surface area contributed by atoms with Gasteiger partial charge in [0.05, 0.1) is 12.2 Å². The minimum absolute atomic E-state index is 0.0407. The molecule has 0 aromatic carbocycles. The second-order valence-electron chi connectivity index (χ2n) is 4.75. The lowest BCUT2D eigenvalue weighted by molar-refractivity contribution is -0.00679. The van der Waals surface area contributed by atoms with Crippen molar-refractivity contribution >= 4 is 0 Å². The van der Waals surface area contributed by atoms with Crippen LogP contribution in [-0.2, 0) is 17.8 Å². The van der Waals surface area contributed by atoms with E-state index in [9.17, 15) is 0 Å². The molecule has 86 valence electrons. The molecule has 0 saturated heterocycles. The molecule has 0 spiro atoms. The van der Waals surface area contributed by atoms with Crippen molar-refractivity contribution in [3.05, 3.63) is 24.0 Å². The van der Waals surface area contributed by atoms with E-state index in [-0.39, 0.29) is 5.60 Å². The molecule has 0 unspecified atom stereocenters. The third kappa shape index (κ3) is 5.00. The van der Waals surface area contributed by atoms with Gasteiger partial charge in [0, 0.05) is 25.5 Å². The second kappa shape index (κ2) is 5.33. The predicted molar refractivity (Wildman–Crippen MR) is 62.9 cm³/mol. The van der Waals surface area contributed by atoms with Crippen LogP contribution in [0.5, 0.6) is 0 Å². The minimum Gasteiger partial charge on any atom is -0.374 e. The van der Waals surface area contributed by atoms with Crippen LogP contribution in [0.1, 0.15) is 26.3 Å². The van der Waals surface area contributed by atoms with Crippen molar-refractivity contribution in [2.24, 2.45) is 0 Å². The molecular formula is C12H22N2O. The van der Waals surface area contributed by atoms with Gasteiger partial charge in [-0.1, -0.05) is 0 Å². The zero-order chi connectivity index (χ0) is 11.3. The lowest BCUT2D eigenvalue weighted by atomic mass is 10.2. The fourth-order valence-electron chi connectivity index (χ4n) is 1.40. The zero-order valence-corrected chi connectivity index (χ0v) is 10.2. The van der Waals surface area contributed by atoms with E-state index in [1.807, 2.05) is 7.05 Å². The summed E-state index contributed by atoms with van der Waals surface area (Å²) < 4.78 is 7.83. The molecule has 0 aliphatic rings. The summed E-state index contributed by atoms with van der Waals surface area (Å²) in [6, 6.07) is 2.13. The molecule has 0 aliphatic carbocycles. The fourth-order valence-corrected chi connectivity index (χ4v) is 1.40. The quantitative estimate of drug-likeness (QED) is 0.804. The number of hydrogen-bond acceptors (Lipinski definition) is 2. The van der Waals surface area contributed by atoms with Crippen molar-refractivity contribution in [2.45, 2.75) is 39.5 Å². The summed E-state index contributed by atoms with van der Waals surface area (Å²) in [5.41, 5.74) is 1.27. The molecular weight excluding hydrogens is 188 g/mol. The molecule has 0 aliphatic heterocycles. The van der Waals surface area contributed by atoms with Crippen LogP contribution in [-0.4, -0.2) is 23.8 Å². The van der Waals surface area contributed by atoms with Crippen LogP contribution in [0.2, 0.25) is 0 Å². The number of nitrogens with zero attached hydrogens (tertiary/aromatic N) is 1. The molecule has 0 atom stereocenters. The van der Waals surface area contributed by atoms with Crippen molar-refractivity contribution in [2.75, 3.05) is 13.7 Å². The van der Waals surface area contributed by atoms with Crippen LogP contribution in [0.15, 0.2) is 18.5 Å². The maximum atomic E-state index is 5.67. The van der Waals surface area contributed by atoms with Gasteiger partial charge in [-0.2, -0.15) is 0 Å². The Morgan fingerprint density at radius 3 is 2.73 bits per heavy atom. The van der Waals surface area contributed by atoms with E-state index in [2.05, 4.69) is 49.1 Å². The monoisotopic (exact) mass is 210 g/mol. The molecule has 1 N–H and O–H groups in total. The zero-order valence-electron chi connectivity index (χ0n) is 10.2. The van der Waals surface area contributed by atoms with E-state index in [1.54, 1.807) is 0 Å². The minimum atomic E-state index is -0.0407. The average molecular weight is 210 g/mol. The van der Waals surface area contributed by atoms with E-state index in [0.29, 0.717) is 0 Å². The predicted octanol–water partition coefficient (Wildman–Crippen LogP) is 2.02. The molecule has 1 heterocycles. The van der Waals surface area contributed by atoms with Crippen LogP contribution in [0.4, 0.5) is 0 Å². The van der Waals surface area contributed by atoms with E-state index >= 15 is 0 Å². The van der Waals surface area contributed by atoms with E-state index < -0.39 is 0 Å². The first-order chi connectivity index (χ1) is 7.01. The highest BCUT2D eigenvalue weighted by Crippen LogP contribution is 2.07. The Hall–Kier alpha value is -0.800. The lowest BCUT2D eigenvalue weighted by Gasteiger charge is -2.19. The molecule has 0 bridgehead atoms. The van der Waals surface area contributed by atoms with Crippen LogP contribution < -0.4 is 5.32 Å². The summed E-state index contributed by atoms with van der Waals surface area (Å²) in [4.78, 5) is 0. The van der Waals surface area contributed by atoms with Crippen molar-refractivity contribution in [1.29, 1.82) is 0 Å². The van der Waals surface area contributed by atoms with Crippen molar-refractivity contribution in [1.82, 2.24) is 9.88 Å². The summed E-state index contributed by atoms with van der Waals surface area (Å²) in [6.07, 6.45) is 4.25. The Balaban J connectivity index is 2.31. The first kappa shape index (κ1) is 12.3. The highest BCUT2D eigenvalue weighted by atomic mass is 16.5. The molecule has 3 nitrogen and oxygen atoms in total. The lowest BCUT2D eigenvalue weighted by Crippen LogP contribution is -2.21. The van der Waals surface area contributed by atoms with Gasteiger partial charge < -0.3 is 14.6 Å². The SMILES string of the molecule is CNCc1ccn(CCOC(C)(C)C)c1. The van der Waals surface area contributed by atoms with E-state index in [0.717, 1.165) is 19.7 Å². The molecule has 0 saturated carbocycles. The summed E-state index contributed by atoms with van der Waals surface area (Å²) in [6.45, 7) is 8.84. The highest BCUT2D eigenvalue weighted by Gasteiger charge is 2.09. The van der Waals surface area contributed by atoms with Gasteiger partial charge in [0.1, 0.15) is 0 Å². The van der Waals surface area contributed by atoms with Gasteiger partial charge in [0.2, 0.25) is 0 Å². The number of aromatic nitrogens is 1. The van der Waals surface area contributed by atoms with E-state index in [4.69, 9.17) is 4.74 Å². The molecule has 3 heteroatoms. The number of ether oxygens (including phenoxy) is 1. The first-order valence-electron chi connectivity index (χ1n) is 5.44. The molecule has 15 heavy (non-hydrogen) atoms. The normalized spacial score (nSPS) is 12.0. The van der Waals surface area contributed by atoms with Crippen molar-refractivity contribution in [3.63, 3.8) is 0 Å².